The lowest BCUT2D eigenvalue weighted by atomic mass is 10.1. The second-order valence-corrected chi connectivity index (χ2v) is 4.67. The van der Waals surface area contributed by atoms with Gasteiger partial charge in [0.05, 0.1) is 7.11 Å². The molecule has 0 heterocycles. The highest BCUT2D eigenvalue weighted by atomic mass is 35.5. The van der Waals surface area contributed by atoms with E-state index in [0.717, 1.165) is 0 Å². The lowest BCUT2D eigenvalue weighted by Crippen LogP contribution is -2.25. The zero-order valence-corrected chi connectivity index (χ0v) is 11.3. The van der Waals surface area contributed by atoms with Gasteiger partial charge in [0.25, 0.3) is 0 Å². The summed E-state index contributed by atoms with van der Waals surface area (Å²) in [5.41, 5.74) is 0.634. The molecule has 98 valence electrons. The molecule has 0 aromatic heterocycles. The molecule has 1 atom stereocenters. The number of phenols is 1. The summed E-state index contributed by atoms with van der Waals surface area (Å²) < 4.78 is 4.68. The number of aromatic hydroxyl groups is 1. The van der Waals surface area contributed by atoms with Crippen molar-refractivity contribution in [2.45, 2.75) is 19.9 Å². The van der Waals surface area contributed by atoms with Gasteiger partial charge in [-0.25, -0.2) is 4.79 Å². The Morgan fingerprint density at radius 1 is 1.44 bits per heavy atom. The first-order valence-corrected chi connectivity index (χ1v) is 5.92. The summed E-state index contributed by atoms with van der Waals surface area (Å²) in [6, 6.07) is 4.04. The fourth-order valence-electron chi connectivity index (χ4n) is 1.46. The van der Waals surface area contributed by atoms with Gasteiger partial charge in [0.15, 0.2) is 0 Å². The Hall–Kier alpha value is -1.55. The van der Waals surface area contributed by atoms with E-state index in [1.807, 2.05) is 13.8 Å². The maximum atomic E-state index is 11.5. The highest BCUT2D eigenvalue weighted by molar-refractivity contribution is 6.31. The standard InChI is InChI=1S/C13H16ClNO3/c1-8(2)12(13(17)18-3)15-7-9-4-10(14)6-11(16)5-9/h4-8,12,16H,1-3H3. The minimum absolute atomic E-state index is 0.0291. The molecule has 1 N–H and O–H groups in total. The third kappa shape index (κ3) is 4.04. The van der Waals surface area contributed by atoms with E-state index < -0.39 is 6.04 Å². The molecule has 0 saturated heterocycles. The number of ether oxygens (including phenoxy) is 1. The number of aliphatic imine (C=N–C) groups is 1. The van der Waals surface area contributed by atoms with Gasteiger partial charge in [-0.3, -0.25) is 4.99 Å². The Bertz CT molecular complexity index is 437. The van der Waals surface area contributed by atoms with Crippen molar-refractivity contribution in [3.8, 4) is 5.75 Å². The van der Waals surface area contributed by atoms with Crippen LogP contribution >= 0.6 is 11.6 Å². The van der Waals surface area contributed by atoms with Gasteiger partial charge < -0.3 is 9.84 Å². The van der Waals surface area contributed by atoms with Crippen LogP contribution in [0, 0.1) is 5.92 Å². The van der Waals surface area contributed by atoms with Crippen LogP contribution in [0.3, 0.4) is 0 Å². The third-order valence-corrected chi connectivity index (χ3v) is 2.58. The van der Waals surface area contributed by atoms with Crippen molar-refractivity contribution in [1.82, 2.24) is 0 Å². The predicted molar refractivity (Wildman–Crippen MR) is 71.4 cm³/mol. The normalized spacial score (nSPS) is 12.9. The Balaban J connectivity index is 2.92. The van der Waals surface area contributed by atoms with Crippen LogP contribution in [-0.2, 0) is 9.53 Å². The molecule has 1 aromatic rings. The molecule has 0 radical (unpaired) electrons. The molecular weight excluding hydrogens is 254 g/mol. The average Bonchev–Trinajstić information content (AvgIpc) is 2.27. The van der Waals surface area contributed by atoms with Gasteiger partial charge in [-0.05, 0) is 29.7 Å². The van der Waals surface area contributed by atoms with Gasteiger partial charge in [0.2, 0.25) is 0 Å². The molecule has 5 heteroatoms. The van der Waals surface area contributed by atoms with Crippen molar-refractivity contribution in [3.05, 3.63) is 28.8 Å². The van der Waals surface area contributed by atoms with Crippen LogP contribution in [0.1, 0.15) is 19.4 Å². The molecule has 4 nitrogen and oxygen atoms in total. The number of benzene rings is 1. The molecular formula is C13H16ClNO3. The topological polar surface area (TPSA) is 58.9 Å². The van der Waals surface area contributed by atoms with Crippen LogP contribution in [-0.4, -0.2) is 30.4 Å². The first-order chi connectivity index (χ1) is 8.43. The lowest BCUT2D eigenvalue weighted by molar-refractivity contribution is -0.143. The van der Waals surface area contributed by atoms with Crippen molar-refractivity contribution >= 4 is 23.8 Å². The maximum absolute atomic E-state index is 11.5. The number of hydrogen-bond donors (Lipinski definition) is 1. The fourth-order valence-corrected chi connectivity index (χ4v) is 1.70. The van der Waals surface area contributed by atoms with Crippen LogP contribution in [0.15, 0.2) is 23.2 Å². The Labute approximate surface area is 111 Å². The Morgan fingerprint density at radius 2 is 2.11 bits per heavy atom. The van der Waals surface area contributed by atoms with Gasteiger partial charge in [-0.2, -0.15) is 0 Å². The monoisotopic (exact) mass is 269 g/mol. The second-order valence-electron chi connectivity index (χ2n) is 4.23. The minimum Gasteiger partial charge on any atom is -0.508 e. The van der Waals surface area contributed by atoms with Crippen LogP contribution in [0.5, 0.6) is 5.75 Å². The third-order valence-electron chi connectivity index (χ3n) is 2.36. The van der Waals surface area contributed by atoms with E-state index in [4.69, 9.17) is 11.6 Å². The number of hydrogen-bond acceptors (Lipinski definition) is 4. The number of halogens is 1. The van der Waals surface area contributed by atoms with Crippen LogP contribution < -0.4 is 0 Å². The summed E-state index contributed by atoms with van der Waals surface area (Å²) in [4.78, 5) is 15.7. The van der Waals surface area contributed by atoms with Crippen LogP contribution in [0.2, 0.25) is 5.02 Å². The summed E-state index contributed by atoms with van der Waals surface area (Å²) in [5, 5.41) is 9.80. The molecule has 0 aliphatic heterocycles. The van der Waals surface area contributed by atoms with Crippen LogP contribution in [0.25, 0.3) is 0 Å². The molecule has 0 amide bonds. The van der Waals surface area contributed by atoms with Gasteiger partial charge in [-0.15, -0.1) is 0 Å². The fraction of sp³-hybridized carbons (Fsp3) is 0.385. The zero-order valence-electron chi connectivity index (χ0n) is 10.6. The molecule has 1 aromatic carbocycles. The van der Waals surface area contributed by atoms with E-state index in [0.29, 0.717) is 10.6 Å². The molecule has 0 aliphatic rings. The predicted octanol–water partition coefficient (Wildman–Crippen LogP) is 2.66. The number of esters is 1. The van der Waals surface area contributed by atoms with E-state index in [2.05, 4.69) is 9.73 Å². The molecule has 1 unspecified atom stereocenters. The zero-order chi connectivity index (χ0) is 13.7. The van der Waals surface area contributed by atoms with Gasteiger partial charge >= 0.3 is 5.97 Å². The lowest BCUT2D eigenvalue weighted by Gasteiger charge is -2.13. The number of nitrogens with zero attached hydrogens (tertiary/aromatic N) is 1. The SMILES string of the molecule is COC(=O)C(N=Cc1cc(O)cc(Cl)c1)C(C)C. The number of phenolic OH excluding ortho intramolecular Hbond substituents is 1. The van der Waals surface area contributed by atoms with Gasteiger partial charge in [0, 0.05) is 11.2 Å². The molecule has 0 aliphatic carbocycles. The maximum Gasteiger partial charge on any atom is 0.330 e. The van der Waals surface area contributed by atoms with Crippen molar-refractivity contribution in [1.29, 1.82) is 0 Å². The van der Waals surface area contributed by atoms with Crippen molar-refractivity contribution in [3.63, 3.8) is 0 Å². The van der Waals surface area contributed by atoms with E-state index in [1.54, 1.807) is 6.07 Å². The summed E-state index contributed by atoms with van der Waals surface area (Å²) in [6.45, 7) is 3.77. The summed E-state index contributed by atoms with van der Waals surface area (Å²) in [6.07, 6.45) is 1.51. The molecule has 1 rings (SSSR count). The molecule has 0 bridgehead atoms. The number of carbonyl (C=O) groups excluding carboxylic acids is 1. The van der Waals surface area contributed by atoms with E-state index in [-0.39, 0.29) is 17.6 Å². The molecule has 18 heavy (non-hydrogen) atoms. The van der Waals surface area contributed by atoms with Gasteiger partial charge in [-0.1, -0.05) is 25.4 Å². The second kappa shape index (κ2) is 6.40. The summed E-state index contributed by atoms with van der Waals surface area (Å²) >= 11 is 5.80. The first-order valence-electron chi connectivity index (χ1n) is 5.54. The molecule has 0 fully saturated rings. The van der Waals surface area contributed by atoms with Crippen molar-refractivity contribution in [2.24, 2.45) is 10.9 Å². The Kier molecular flexibility index (Phi) is 5.16. The van der Waals surface area contributed by atoms with E-state index in [9.17, 15) is 9.90 Å². The van der Waals surface area contributed by atoms with Crippen molar-refractivity contribution in [2.75, 3.05) is 7.11 Å². The number of carbonyl (C=O) groups is 1. The van der Waals surface area contributed by atoms with Crippen molar-refractivity contribution < 1.29 is 14.6 Å². The average molecular weight is 270 g/mol. The summed E-state index contributed by atoms with van der Waals surface area (Å²) in [7, 11) is 1.33. The summed E-state index contributed by atoms with van der Waals surface area (Å²) in [5.74, 6) is -0.294. The van der Waals surface area contributed by atoms with E-state index >= 15 is 0 Å². The quantitative estimate of drug-likeness (QED) is 0.675. The number of methoxy groups -OCH3 is 1. The van der Waals surface area contributed by atoms with Crippen LogP contribution in [0.4, 0.5) is 0 Å². The highest BCUT2D eigenvalue weighted by Crippen LogP contribution is 2.19. The Morgan fingerprint density at radius 3 is 2.61 bits per heavy atom. The smallest absolute Gasteiger partial charge is 0.330 e. The molecule has 0 saturated carbocycles. The van der Waals surface area contributed by atoms with Gasteiger partial charge in [0.1, 0.15) is 11.8 Å². The highest BCUT2D eigenvalue weighted by Gasteiger charge is 2.21. The number of rotatable bonds is 4. The molecule has 0 spiro atoms. The largest absolute Gasteiger partial charge is 0.508 e. The van der Waals surface area contributed by atoms with E-state index in [1.165, 1.54) is 25.5 Å². The minimum atomic E-state index is -0.559. The first kappa shape index (κ1) is 14.5.